The highest BCUT2D eigenvalue weighted by atomic mass is 35.5. The lowest BCUT2D eigenvalue weighted by Gasteiger charge is -2.42. The highest BCUT2D eigenvalue weighted by Gasteiger charge is 2.35. The van der Waals surface area contributed by atoms with E-state index in [4.69, 9.17) is 16.3 Å². The van der Waals surface area contributed by atoms with Crippen LogP contribution in [0.15, 0.2) is 60.2 Å². The van der Waals surface area contributed by atoms with Crippen molar-refractivity contribution in [3.8, 4) is 5.75 Å². The van der Waals surface area contributed by atoms with Crippen molar-refractivity contribution in [2.75, 3.05) is 38.6 Å². The first-order valence-corrected chi connectivity index (χ1v) is 17.8. The molecule has 0 radical (unpaired) electrons. The van der Waals surface area contributed by atoms with E-state index in [-0.39, 0.29) is 5.92 Å². The molecule has 44 heavy (non-hydrogen) atoms. The van der Waals surface area contributed by atoms with Crippen LogP contribution in [0.5, 0.6) is 5.75 Å². The Kier molecular flexibility index (Phi) is 10.4. The van der Waals surface area contributed by atoms with Gasteiger partial charge in [0, 0.05) is 30.2 Å². The summed E-state index contributed by atoms with van der Waals surface area (Å²) in [6, 6.07) is 11.3. The lowest BCUT2D eigenvalue weighted by molar-refractivity contribution is 0.0981. The molecular weight excluding hydrogens is 594 g/mol. The maximum Gasteiger partial charge on any atom is 0.264 e. The van der Waals surface area contributed by atoms with Gasteiger partial charge in [0.2, 0.25) is 10.0 Å². The molecule has 9 heteroatoms. The van der Waals surface area contributed by atoms with E-state index in [9.17, 15) is 13.2 Å². The molecule has 1 amide bonds. The van der Waals surface area contributed by atoms with Crippen LogP contribution in [0.4, 0.5) is 5.69 Å². The Bertz CT molecular complexity index is 1520. The number of carbonyl (C=O) groups excluding carboxylic acids is 1. The summed E-state index contributed by atoms with van der Waals surface area (Å²) in [6.07, 6.45) is 12.4. The predicted molar refractivity (Wildman–Crippen MR) is 179 cm³/mol. The third-order valence-corrected chi connectivity index (χ3v) is 11.7. The van der Waals surface area contributed by atoms with E-state index in [1.54, 1.807) is 13.0 Å². The van der Waals surface area contributed by atoms with Crippen LogP contribution in [0.2, 0.25) is 5.02 Å². The number of amides is 1. The van der Waals surface area contributed by atoms with Crippen LogP contribution in [0.25, 0.3) is 0 Å². The van der Waals surface area contributed by atoms with E-state index in [1.165, 1.54) is 11.1 Å². The number of anilines is 1. The number of sulfonamides is 1. The van der Waals surface area contributed by atoms with Gasteiger partial charge >= 0.3 is 0 Å². The van der Waals surface area contributed by atoms with E-state index >= 15 is 0 Å². The molecule has 238 valence electrons. The highest BCUT2D eigenvalue weighted by molar-refractivity contribution is 7.90. The minimum absolute atomic E-state index is 0.161. The van der Waals surface area contributed by atoms with E-state index < -0.39 is 21.2 Å². The highest BCUT2D eigenvalue weighted by Crippen LogP contribution is 2.43. The Morgan fingerprint density at radius 1 is 1.09 bits per heavy atom. The minimum Gasteiger partial charge on any atom is -0.487 e. The maximum atomic E-state index is 13.4. The van der Waals surface area contributed by atoms with Gasteiger partial charge < -0.3 is 14.5 Å². The second-order valence-electron chi connectivity index (χ2n) is 13.0. The molecule has 1 saturated carbocycles. The van der Waals surface area contributed by atoms with Gasteiger partial charge in [-0.25, -0.2) is 13.1 Å². The Hall–Kier alpha value is -2.81. The third-order valence-electron chi connectivity index (χ3n) is 9.57. The van der Waals surface area contributed by atoms with Crippen molar-refractivity contribution in [1.82, 2.24) is 9.62 Å². The van der Waals surface area contributed by atoms with Crippen molar-refractivity contribution >= 4 is 33.2 Å². The molecule has 1 N–H and O–H groups in total. The number of aryl methyl sites for hydroxylation is 1. The summed E-state index contributed by atoms with van der Waals surface area (Å²) in [5, 5.41) is -0.00876. The van der Waals surface area contributed by atoms with Gasteiger partial charge in [-0.1, -0.05) is 42.8 Å². The first-order valence-electron chi connectivity index (χ1n) is 15.9. The largest absolute Gasteiger partial charge is 0.487 e. The quantitative estimate of drug-likeness (QED) is 0.398. The van der Waals surface area contributed by atoms with Crippen LogP contribution in [0.3, 0.4) is 0 Å². The van der Waals surface area contributed by atoms with Gasteiger partial charge in [0.05, 0.1) is 10.9 Å². The van der Waals surface area contributed by atoms with Crippen LogP contribution >= 0.6 is 11.6 Å². The fourth-order valence-electron chi connectivity index (χ4n) is 6.42. The summed E-state index contributed by atoms with van der Waals surface area (Å²) in [5.74, 6) is 0.805. The van der Waals surface area contributed by atoms with Crippen LogP contribution < -0.4 is 14.4 Å². The second kappa shape index (κ2) is 14.1. The second-order valence-corrected chi connectivity index (χ2v) is 15.5. The molecule has 1 fully saturated rings. The van der Waals surface area contributed by atoms with Crippen molar-refractivity contribution in [1.29, 1.82) is 0 Å². The summed E-state index contributed by atoms with van der Waals surface area (Å²) < 4.78 is 35.4. The Morgan fingerprint density at radius 3 is 2.66 bits per heavy atom. The van der Waals surface area contributed by atoms with Gasteiger partial charge in [-0.05, 0) is 124 Å². The van der Waals surface area contributed by atoms with E-state index in [0.717, 1.165) is 68.0 Å². The Balaban J connectivity index is 1.56. The monoisotopic (exact) mass is 639 g/mol. The Labute approximate surface area is 268 Å². The first kappa shape index (κ1) is 32.6. The van der Waals surface area contributed by atoms with Gasteiger partial charge in [-0.15, -0.1) is 0 Å². The molecule has 7 nitrogen and oxygen atoms in total. The fraction of sp³-hybridized carbons (Fsp3) is 0.514. The molecule has 2 aromatic carbocycles. The molecule has 2 heterocycles. The zero-order chi connectivity index (χ0) is 31.4. The number of fused-ring (bicyclic) bond motifs is 3. The van der Waals surface area contributed by atoms with Crippen LogP contribution in [-0.4, -0.2) is 58.2 Å². The van der Waals surface area contributed by atoms with Gasteiger partial charge in [-0.3, -0.25) is 4.79 Å². The number of ether oxygens (including phenoxy) is 1. The van der Waals surface area contributed by atoms with Gasteiger partial charge in [0.15, 0.2) is 0 Å². The molecule has 0 saturated heterocycles. The molecule has 2 aromatic rings. The Morgan fingerprint density at radius 2 is 1.91 bits per heavy atom. The first-order chi connectivity index (χ1) is 21.0. The van der Waals surface area contributed by atoms with Crippen molar-refractivity contribution < 1.29 is 17.9 Å². The number of carbonyl (C=O) groups is 1. The van der Waals surface area contributed by atoms with Gasteiger partial charge in [0.1, 0.15) is 12.4 Å². The summed E-state index contributed by atoms with van der Waals surface area (Å²) >= 11 is 6.34. The standard InChI is InChI=1S/C35H46ClN3O4S/c1-24-8-7-10-26(17-19-38(3)4)32-15-12-29(32)22-39-18-6-5-9-27-20-31(36)14-11-30(27)23-43-34-16-13-28(21-33(34)39)35(40)37-44(41,42)25(24)2/h7,10-11,13-14,16-17,20-21,24-25,29,32H,5-6,8-9,12,15,18-19,22-23H2,1-4H3,(H,37,40)/b10-7+,26-17+/t24-,25+,29-,32-/m0/s1. The topological polar surface area (TPSA) is 79.0 Å². The van der Waals surface area contributed by atoms with E-state index in [2.05, 4.69) is 46.8 Å². The number of benzene rings is 2. The van der Waals surface area contributed by atoms with Crippen LogP contribution in [0.1, 0.15) is 67.4 Å². The molecule has 3 aliphatic rings. The average molecular weight is 640 g/mol. The zero-order valence-corrected chi connectivity index (χ0v) is 28.0. The molecule has 0 aromatic heterocycles. The van der Waals surface area contributed by atoms with Crippen molar-refractivity contribution in [3.63, 3.8) is 0 Å². The molecule has 0 spiro atoms. The molecule has 1 aliphatic carbocycles. The van der Waals surface area contributed by atoms with Gasteiger partial charge in [0.25, 0.3) is 5.91 Å². The molecule has 2 bridgehead atoms. The molecule has 4 atom stereocenters. The summed E-state index contributed by atoms with van der Waals surface area (Å²) in [4.78, 5) is 17.9. The van der Waals surface area contributed by atoms with Crippen LogP contribution in [0, 0.1) is 17.8 Å². The number of rotatable bonds is 2. The molecule has 0 unspecified atom stereocenters. The van der Waals surface area contributed by atoms with Crippen LogP contribution in [-0.2, 0) is 23.1 Å². The lowest BCUT2D eigenvalue weighted by Crippen LogP contribution is -2.41. The molecular formula is C35H46ClN3O4S. The SMILES string of the molecule is C[C@@H]1[C@@H](C)C/C=C/C(=C\CN(C)C)[C@@H]2CC[C@H]2CN2CCCCc3cc(Cl)ccc3COc3ccc(cc32)C(=O)NS1(=O)=O. The smallest absolute Gasteiger partial charge is 0.264 e. The van der Waals surface area contributed by atoms with Crippen molar-refractivity contribution in [2.24, 2.45) is 17.8 Å². The number of nitrogens with zero attached hydrogens (tertiary/aromatic N) is 2. The van der Waals surface area contributed by atoms with Crippen molar-refractivity contribution in [2.45, 2.75) is 64.2 Å². The normalized spacial score (nSPS) is 27.6. The number of halogens is 1. The number of likely N-dealkylation sites (N-methyl/N-ethyl adjacent to an activating group) is 1. The lowest BCUT2D eigenvalue weighted by atomic mass is 9.69. The predicted octanol–water partition coefficient (Wildman–Crippen LogP) is 6.62. The summed E-state index contributed by atoms with van der Waals surface area (Å²) in [5.41, 5.74) is 4.77. The minimum atomic E-state index is -3.89. The number of hydrogen-bond acceptors (Lipinski definition) is 6. The molecule has 2 aliphatic heterocycles. The summed E-state index contributed by atoms with van der Waals surface area (Å²) in [7, 11) is 0.262. The zero-order valence-electron chi connectivity index (χ0n) is 26.4. The van der Waals surface area contributed by atoms with E-state index in [1.807, 2.05) is 37.3 Å². The number of hydrogen-bond donors (Lipinski definition) is 1. The number of nitrogens with one attached hydrogen (secondary N) is 1. The van der Waals surface area contributed by atoms with Crippen molar-refractivity contribution in [3.05, 3.63) is 81.9 Å². The third kappa shape index (κ3) is 7.69. The average Bonchev–Trinajstić information content (AvgIpc) is 2.99. The molecule has 5 rings (SSSR count). The summed E-state index contributed by atoms with van der Waals surface area (Å²) in [6.45, 7) is 6.49. The fourth-order valence-corrected chi connectivity index (χ4v) is 7.90. The maximum absolute atomic E-state index is 13.4. The van der Waals surface area contributed by atoms with Gasteiger partial charge in [-0.2, -0.15) is 0 Å². The number of allylic oxidation sites excluding steroid dienone is 3. The van der Waals surface area contributed by atoms with E-state index in [0.29, 0.717) is 36.2 Å².